The molecule has 0 aliphatic carbocycles. The first-order valence-electron chi connectivity index (χ1n) is 13.2. The lowest BCUT2D eigenvalue weighted by molar-refractivity contribution is -0.143. The second kappa shape index (κ2) is 11.4. The maximum atomic E-state index is 13.9. The van der Waals surface area contributed by atoms with Gasteiger partial charge in [0.25, 0.3) is 5.56 Å². The van der Waals surface area contributed by atoms with Gasteiger partial charge in [0.1, 0.15) is 11.8 Å². The fourth-order valence-electron chi connectivity index (χ4n) is 5.16. The fourth-order valence-corrected chi connectivity index (χ4v) is 6.39. The molecule has 39 heavy (non-hydrogen) atoms. The number of ether oxygens (including phenoxy) is 2. The SMILES string of the molecule is COc1ccc(Cl)cc1[C@H]1C(C(=O)OC(C)C)=C(C)N=c2s/c(=C\c3ccc(N4CCCCC4)cc3)c(=O)n21. The molecule has 0 radical (unpaired) electrons. The van der Waals surface area contributed by atoms with E-state index in [1.807, 2.05) is 18.2 Å². The molecule has 7 nitrogen and oxygen atoms in total. The number of hydrogen-bond donors (Lipinski definition) is 0. The Balaban J connectivity index is 1.63. The third kappa shape index (κ3) is 5.54. The summed E-state index contributed by atoms with van der Waals surface area (Å²) in [6.45, 7) is 7.48. The Hall–Kier alpha value is -3.36. The van der Waals surface area contributed by atoms with Gasteiger partial charge in [-0.15, -0.1) is 0 Å². The van der Waals surface area contributed by atoms with Gasteiger partial charge in [-0.2, -0.15) is 0 Å². The smallest absolute Gasteiger partial charge is 0.338 e. The van der Waals surface area contributed by atoms with E-state index in [2.05, 4.69) is 22.0 Å². The number of hydrogen-bond acceptors (Lipinski definition) is 7. The van der Waals surface area contributed by atoms with Crippen LogP contribution in [0.4, 0.5) is 5.69 Å². The van der Waals surface area contributed by atoms with Gasteiger partial charge >= 0.3 is 5.97 Å². The lowest BCUT2D eigenvalue weighted by Gasteiger charge is -2.28. The number of nitrogens with zero attached hydrogens (tertiary/aromatic N) is 3. The molecular formula is C30H32ClN3O4S. The van der Waals surface area contributed by atoms with Gasteiger partial charge in [0.05, 0.1) is 29.0 Å². The zero-order chi connectivity index (χ0) is 27.7. The first kappa shape index (κ1) is 27.2. The molecule has 0 spiro atoms. The third-order valence-corrected chi connectivity index (χ3v) is 8.20. The molecular weight excluding hydrogens is 534 g/mol. The molecule has 2 aliphatic heterocycles. The van der Waals surface area contributed by atoms with E-state index in [1.54, 1.807) is 50.6 Å². The quantitative estimate of drug-likeness (QED) is 0.400. The van der Waals surface area contributed by atoms with Crippen LogP contribution in [0.3, 0.4) is 0 Å². The van der Waals surface area contributed by atoms with Crippen molar-refractivity contribution in [2.75, 3.05) is 25.1 Å². The largest absolute Gasteiger partial charge is 0.496 e. The molecule has 3 heterocycles. The van der Waals surface area contributed by atoms with Crippen LogP contribution in [0.1, 0.15) is 57.2 Å². The van der Waals surface area contributed by atoms with E-state index < -0.39 is 12.0 Å². The molecule has 2 aromatic carbocycles. The molecule has 204 valence electrons. The van der Waals surface area contributed by atoms with Gasteiger partial charge in [-0.25, -0.2) is 9.79 Å². The van der Waals surface area contributed by atoms with Crippen LogP contribution in [0.5, 0.6) is 5.75 Å². The molecule has 0 bridgehead atoms. The van der Waals surface area contributed by atoms with E-state index >= 15 is 0 Å². The number of rotatable bonds is 6. The summed E-state index contributed by atoms with van der Waals surface area (Å²) in [6, 6.07) is 12.7. The standard InChI is InChI=1S/C30H32ClN3O4S/c1-18(2)38-29(36)26-19(3)32-30-34(27(26)23-17-21(31)10-13-24(23)37-4)28(35)25(39-30)16-20-8-11-22(12-9-20)33-14-6-5-7-15-33/h8-13,16-18,27H,5-7,14-15H2,1-4H3/b25-16-/t27-/m0/s1. The topological polar surface area (TPSA) is 73.1 Å². The van der Waals surface area contributed by atoms with E-state index in [-0.39, 0.29) is 17.2 Å². The molecule has 3 aromatic rings. The van der Waals surface area contributed by atoms with Crippen molar-refractivity contribution in [3.05, 3.63) is 89.6 Å². The van der Waals surface area contributed by atoms with Crippen molar-refractivity contribution in [2.24, 2.45) is 4.99 Å². The number of thiazole rings is 1. The molecule has 1 aromatic heterocycles. The summed E-state index contributed by atoms with van der Waals surface area (Å²) in [5.41, 5.74) is 3.25. The number of carbonyl (C=O) groups excluding carboxylic acids is 1. The van der Waals surface area contributed by atoms with Crippen molar-refractivity contribution in [3.8, 4) is 5.75 Å². The Labute approximate surface area is 236 Å². The van der Waals surface area contributed by atoms with Crippen LogP contribution in [-0.4, -0.2) is 36.8 Å². The first-order valence-corrected chi connectivity index (χ1v) is 14.4. The summed E-state index contributed by atoms with van der Waals surface area (Å²) in [7, 11) is 1.55. The molecule has 1 atom stereocenters. The van der Waals surface area contributed by atoms with Gasteiger partial charge < -0.3 is 14.4 Å². The molecule has 1 saturated heterocycles. The maximum Gasteiger partial charge on any atom is 0.338 e. The van der Waals surface area contributed by atoms with Crippen LogP contribution in [0, 0.1) is 0 Å². The average molecular weight is 566 g/mol. The monoisotopic (exact) mass is 565 g/mol. The second-order valence-electron chi connectivity index (χ2n) is 10.1. The number of anilines is 1. The molecule has 0 amide bonds. The first-order chi connectivity index (χ1) is 18.8. The van der Waals surface area contributed by atoms with E-state index in [4.69, 9.17) is 21.1 Å². The van der Waals surface area contributed by atoms with Crippen LogP contribution >= 0.6 is 22.9 Å². The molecule has 9 heteroatoms. The highest BCUT2D eigenvalue weighted by Crippen LogP contribution is 2.37. The van der Waals surface area contributed by atoms with Crippen molar-refractivity contribution in [1.29, 1.82) is 0 Å². The lowest BCUT2D eigenvalue weighted by Crippen LogP contribution is -2.40. The maximum absolute atomic E-state index is 13.9. The van der Waals surface area contributed by atoms with Gasteiger partial charge in [-0.05, 0) is 82.0 Å². The summed E-state index contributed by atoms with van der Waals surface area (Å²) in [5.74, 6) is -0.0160. The fraction of sp³-hybridized carbons (Fsp3) is 0.367. The van der Waals surface area contributed by atoms with Crippen molar-refractivity contribution in [1.82, 2.24) is 4.57 Å². The zero-order valence-electron chi connectivity index (χ0n) is 22.6. The average Bonchev–Trinajstić information content (AvgIpc) is 3.22. The Morgan fingerprint density at radius 3 is 2.51 bits per heavy atom. The predicted octanol–water partition coefficient (Wildman–Crippen LogP) is 4.84. The Morgan fingerprint density at radius 1 is 1.13 bits per heavy atom. The van der Waals surface area contributed by atoms with Crippen molar-refractivity contribution in [3.63, 3.8) is 0 Å². The van der Waals surface area contributed by atoms with Gasteiger partial charge in [-0.1, -0.05) is 35.1 Å². The van der Waals surface area contributed by atoms with E-state index in [0.717, 1.165) is 18.7 Å². The highest BCUT2D eigenvalue weighted by Gasteiger charge is 2.35. The number of benzene rings is 2. The van der Waals surface area contributed by atoms with Crippen LogP contribution in [-0.2, 0) is 9.53 Å². The summed E-state index contributed by atoms with van der Waals surface area (Å²) in [6.07, 6.45) is 5.26. The van der Waals surface area contributed by atoms with Crippen LogP contribution in [0.15, 0.2) is 63.5 Å². The van der Waals surface area contributed by atoms with Gasteiger partial charge in [-0.3, -0.25) is 9.36 Å². The number of carbonyl (C=O) groups is 1. The lowest BCUT2D eigenvalue weighted by atomic mass is 9.95. The minimum absolute atomic E-state index is 0.242. The van der Waals surface area contributed by atoms with Crippen LogP contribution in [0.2, 0.25) is 5.02 Å². The van der Waals surface area contributed by atoms with Crippen molar-refractivity contribution in [2.45, 2.75) is 52.2 Å². The summed E-state index contributed by atoms with van der Waals surface area (Å²) >= 11 is 7.68. The van der Waals surface area contributed by atoms with Crippen LogP contribution in [0.25, 0.3) is 6.08 Å². The highest BCUT2D eigenvalue weighted by molar-refractivity contribution is 7.07. The summed E-state index contributed by atoms with van der Waals surface area (Å²) < 4.78 is 13.3. The number of piperidine rings is 1. The molecule has 0 unspecified atom stereocenters. The number of fused-ring (bicyclic) bond motifs is 1. The minimum Gasteiger partial charge on any atom is -0.496 e. The number of allylic oxidation sites excluding steroid dienone is 1. The number of esters is 1. The van der Waals surface area contributed by atoms with E-state index in [9.17, 15) is 9.59 Å². The van der Waals surface area contributed by atoms with Gasteiger partial charge in [0.15, 0.2) is 4.80 Å². The number of halogens is 1. The van der Waals surface area contributed by atoms with Crippen LogP contribution < -0.4 is 24.5 Å². The molecule has 2 aliphatic rings. The Morgan fingerprint density at radius 2 is 1.85 bits per heavy atom. The summed E-state index contributed by atoms with van der Waals surface area (Å²) in [4.78, 5) is 34.8. The minimum atomic E-state index is -0.801. The third-order valence-electron chi connectivity index (χ3n) is 6.98. The van der Waals surface area contributed by atoms with E-state index in [0.29, 0.717) is 31.4 Å². The van der Waals surface area contributed by atoms with E-state index in [1.165, 1.54) is 36.3 Å². The molecule has 1 fully saturated rings. The Bertz CT molecular complexity index is 1600. The normalized spacial score (nSPS) is 17.7. The summed E-state index contributed by atoms with van der Waals surface area (Å²) in [5, 5.41) is 0.466. The van der Waals surface area contributed by atoms with Crippen molar-refractivity contribution < 1.29 is 14.3 Å². The zero-order valence-corrected chi connectivity index (χ0v) is 24.1. The molecule has 5 rings (SSSR count). The van der Waals surface area contributed by atoms with Crippen molar-refractivity contribution >= 4 is 40.7 Å². The highest BCUT2D eigenvalue weighted by atomic mass is 35.5. The molecule has 0 N–H and O–H groups in total. The second-order valence-corrected chi connectivity index (χ2v) is 11.5. The van der Waals surface area contributed by atoms with Gasteiger partial charge in [0.2, 0.25) is 0 Å². The number of aromatic nitrogens is 1. The Kier molecular flexibility index (Phi) is 7.96. The molecule has 0 saturated carbocycles. The van der Waals surface area contributed by atoms with Gasteiger partial charge in [0, 0.05) is 29.4 Å². The number of methoxy groups -OCH3 is 1. The predicted molar refractivity (Wildman–Crippen MR) is 156 cm³/mol.